The van der Waals surface area contributed by atoms with Crippen LogP contribution in [0.1, 0.15) is 21.5 Å². The third-order valence-corrected chi connectivity index (χ3v) is 3.62. The number of Topliss-reactive ketones (excluding diaryl/α,β-unsaturated/α-hetero) is 1. The van der Waals surface area contributed by atoms with Crippen LogP contribution in [0, 0.1) is 17.6 Å². The first kappa shape index (κ1) is 12.0. The molecule has 0 aromatic heterocycles. The van der Waals surface area contributed by atoms with Gasteiger partial charge in [0.2, 0.25) is 0 Å². The van der Waals surface area contributed by atoms with E-state index >= 15 is 0 Å². The lowest BCUT2D eigenvalue weighted by atomic mass is 9.94. The van der Waals surface area contributed by atoms with Crippen molar-refractivity contribution in [3.05, 3.63) is 70.8 Å². The first-order chi connectivity index (χ1) is 9.15. The van der Waals surface area contributed by atoms with Crippen LogP contribution in [0.25, 0.3) is 0 Å². The van der Waals surface area contributed by atoms with Crippen molar-refractivity contribution in [3.63, 3.8) is 0 Å². The van der Waals surface area contributed by atoms with Gasteiger partial charge in [0.25, 0.3) is 0 Å². The van der Waals surface area contributed by atoms with Gasteiger partial charge >= 0.3 is 0 Å². The van der Waals surface area contributed by atoms with Crippen LogP contribution in [0.15, 0.2) is 42.5 Å². The number of fused-ring (bicyclic) bond motifs is 1. The zero-order chi connectivity index (χ0) is 13.4. The van der Waals surface area contributed by atoms with Gasteiger partial charge in [-0.05, 0) is 42.2 Å². The highest BCUT2D eigenvalue weighted by atomic mass is 19.1. The monoisotopic (exact) mass is 258 g/mol. The number of ketones is 1. The number of carbonyl (C=O) groups excluding carboxylic acids is 1. The van der Waals surface area contributed by atoms with Crippen molar-refractivity contribution < 1.29 is 13.6 Å². The summed E-state index contributed by atoms with van der Waals surface area (Å²) in [5.74, 6) is -1.83. The fraction of sp³-hybridized carbons (Fsp3) is 0.188. The minimum Gasteiger partial charge on any atom is -0.294 e. The van der Waals surface area contributed by atoms with E-state index in [1.807, 2.05) is 24.3 Å². The maximum Gasteiger partial charge on any atom is 0.169 e. The third-order valence-electron chi connectivity index (χ3n) is 3.62. The predicted octanol–water partition coefficient (Wildman–Crippen LogP) is 3.56. The van der Waals surface area contributed by atoms with E-state index in [-0.39, 0.29) is 17.3 Å². The van der Waals surface area contributed by atoms with E-state index < -0.39 is 11.6 Å². The number of carbonyl (C=O) groups is 1. The average molecular weight is 258 g/mol. The molecule has 0 fully saturated rings. The topological polar surface area (TPSA) is 17.1 Å². The summed E-state index contributed by atoms with van der Waals surface area (Å²) in [5.41, 5.74) is 2.10. The molecule has 1 aliphatic rings. The lowest BCUT2D eigenvalue weighted by Gasteiger charge is -2.08. The molecule has 0 aliphatic heterocycles. The van der Waals surface area contributed by atoms with Crippen LogP contribution in [-0.2, 0) is 12.8 Å². The Morgan fingerprint density at radius 3 is 2.26 bits per heavy atom. The van der Waals surface area contributed by atoms with E-state index in [0.29, 0.717) is 12.8 Å². The summed E-state index contributed by atoms with van der Waals surface area (Å²) in [4.78, 5) is 12.3. The Bertz CT molecular complexity index is 624. The van der Waals surface area contributed by atoms with Crippen molar-refractivity contribution in [1.29, 1.82) is 0 Å². The third kappa shape index (κ3) is 2.16. The molecule has 3 rings (SSSR count). The van der Waals surface area contributed by atoms with Gasteiger partial charge in [0.05, 0.1) is 5.56 Å². The minimum atomic E-state index is -0.651. The van der Waals surface area contributed by atoms with E-state index in [9.17, 15) is 13.6 Å². The Hall–Kier alpha value is -2.03. The fourth-order valence-electron chi connectivity index (χ4n) is 2.65. The van der Waals surface area contributed by atoms with Crippen molar-refractivity contribution in [1.82, 2.24) is 0 Å². The highest BCUT2D eigenvalue weighted by Crippen LogP contribution is 2.29. The zero-order valence-corrected chi connectivity index (χ0v) is 10.2. The summed E-state index contributed by atoms with van der Waals surface area (Å²) in [7, 11) is 0. The minimum absolute atomic E-state index is 0.141. The summed E-state index contributed by atoms with van der Waals surface area (Å²) < 4.78 is 26.8. The molecule has 1 aliphatic carbocycles. The molecule has 0 heterocycles. The molecule has 19 heavy (non-hydrogen) atoms. The zero-order valence-electron chi connectivity index (χ0n) is 10.2. The van der Waals surface area contributed by atoms with Crippen molar-refractivity contribution >= 4 is 5.78 Å². The molecule has 1 nitrogen and oxygen atoms in total. The van der Waals surface area contributed by atoms with Crippen LogP contribution in [0.4, 0.5) is 8.78 Å². The van der Waals surface area contributed by atoms with Gasteiger partial charge in [0.1, 0.15) is 11.6 Å². The largest absolute Gasteiger partial charge is 0.294 e. The van der Waals surface area contributed by atoms with Crippen molar-refractivity contribution in [2.24, 2.45) is 5.92 Å². The van der Waals surface area contributed by atoms with Gasteiger partial charge in [0.15, 0.2) is 5.78 Å². The summed E-state index contributed by atoms with van der Waals surface area (Å²) in [6.45, 7) is 0. The molecular weight excluding hydrogens is 246 g/mol. The molecule has 0 amide bonds. The van der Waals surface area contributed by atoms with Crippen molar-refractivity contribution in [2.75, 3.05) is 0 Å². The number of hydrogen-bond acceptors (Lipinski definition) is 1. The molecule has 3 heteroatoms. The molecule has 0 spiro atoms. The second-order valence-electron chi connectivity index (χ2n) is 4.86. The quantitative estimate of drug-likeness (QED) is 0.753. The van der Waals surface area contributed by atoms with E-state index in [0.717, 1.165) is 29.3 Å². The Kier molecular flexibility index (Phi) is 2.90. The molecule has 0 radical (unpaired) electrons. The molecule has 0 unspecified atom stereocenters. The molecule has 2 aromatic carbocycles. The molecule has 0 N–H and O–H groups in total. The maximum absolute atomic E-state index is 13.6. The molecule has 0 bridgehead atoms. The van der Waals surface area contributed by atoms with Crippen LogP contribution in [0.3, 0.4) is 0 Å². The molecule has 0 saturated carbocycles. The lowest BCUT2D eigenvalue weighted by molar-refractivity contribution is 0.0920. The second kappa shape index (κ2) is 4.57. The van der Waals surface area contributed by atoms with E-state index in [2.05, 4.69) is 0 Å². The Labute approximate surface area is 109 Å². The van der Waals surface area contributed by atoms with Crippen LogP contribution in [-0.4, -0.2) is 5.78 Å². The second-order valence-corrected chi connectivity index (χ2v) is 4.86. The van der Waals surface area contributed by atoms with Gasteiger partial charge in [-0.2, -0.15) is 0 Å². The standard InChI is InChI=1S/C16H12F2O/c17-13-5-6-15(18)14(9-13)16(19)12-7-10-3-1-2-4-11(10)8-12/h1-6,9,12H,7-8H2. The molecule has 96 valence electrons. The molecule has 0 atom stereocenters. The first-order valence-electron chi connectivity index (χ1n) is 6.21. The van der Waals surface area contributed by atoms with Crippen molar-refractivity contribution in [3.8, 4) is 0 Å². The number of benzene rings is 2. The first-order valence-corrected chi connectivity index (χ1v) is 6.21. The van der Waals surface area contributed by atoms with Gasteiger partial charge in [-0.1, -0.05) is 24.3 Å². The predicted molar refractivity (Wildman–Crippen MR) is 68.0 cm³/mol. The molecular formula is C16H12F2O. The van der Waals surface area contributed by atoms with Crippen LogP contribution in [0.2, 0.25) is 0 Å². The van der Waals surface area contributed by atoms with Crippen molar-refractivity contribution in [2.45, 2.75) is 12.8 Å². The van der Waals surface area contributed by atoms with E-state index in [1.54, 1.807) is 0 Å². The number of rotatable bonds is 2. The van der Waals surface area contributed by atoms with E-state index in [1.165, 1.54) is 0 Å². The van der Waals surface area contributed by atoms with Gasteiger partial charge in [-0.3, -0.25) is 4.79 Å². The Balaban J connectivity index is 1.89. The summed E-state index contributed by atoms with van der Waals surface area (Å²) >= 11 is 0. The van der Waals surface area contributed by atoms with Crippen LogP contribution < -0.4 is 0 Å². The highest BCUT2D eigenvalue weighted by Gasteiger charge is 2.29. The number of halogens is 2. The number of hydrogen-bond donors (Lipinski definition) is 0. The van der Waals surface area contributed by atoms with Gasteiger partial charge in [-0.25, -0.2) is 8.78 Å². The Morgan fingerprint density at radius 2 is 1.63 bits per heavy atom. The normalized spacial score (nSPS) is 14.4. The lowest BCUT2D eigenvalue weighted by Crippen LogP contribution is -2.16. The van der Waals surface area contributed by atoms with Crippen LogP contribution >= 0.6 is 0 Å². The van der Waals surface area contributed by atoms with E-state index in [4.69, 9.17) is 0 Å². The smallest absolute Gasteiger partial charge is 0.169 e. The Morgan fingerprint density at radius 1 is 1.00 bits per heavy atom. The summed E-state index contributed by atoms with van der Waals surface area (Å²) in [6.07, 6.45) is 1.20. The van der Waals surface area contributed by atoms with Gasteiger partial charge in [-0.15, -0.1) is 0 Å². The summed E-state index contributed by atoms with van der Waals surface area (Å²) in [6, 6.07) is 10.8. The summed E-state index contributed by atoms with van der Waals surface area (Å²) in [5, 5.41) is 0. The average Bonchev–Trinajstić information content (AvgIpc) is 2.84. The molecule has 0 saturated heterocycles. The highest BCUT2D eigenvalue weighted by molar-refractivity contribution is 5.98. The van der Waals surface area contributed by atoms with Gasteiger partial charge < -0.3 is 0 Å². The van der Waals surface area contributed by atoms with Gasteiger partial charge in [0, 0.05) is 5.92 Å². The maximum atomic E-state index is 13.6. The fourth-order valence-corrected chi connectivity index (χ4v) is 2.65. The SMILES string of the molecule is O=C(c1cc(F)ccc1F)C1Cc2ccccc2C1. The van der Waals surface area contributed by atoms with Crippen LogP contribution in [0.5, 0.6) is 0 Å². The molecule has 2 aromatic rings.